The minimum atomic E-state index is -0.506. The standard InChI is InChI=1S/C20H25N3O2/c1-14(23-18(24)13-22-19(25)20(2,3)4)15-7-9-16(10-8-15)17-6-5-11-21-12-17/h5-12,14H,13H2,1-4H3,(H,22,25)(H,23,24)/t14-/m1/s1. The molecule has 2 N–H and O–H groups in total. The van der Waals surface area contributed by atoms with Gasteiger partial charge in [0, 0.05) is 17.8 Å². The first-order valence-corrected chi connectivity index (χ1v) is 8.35. The summed E-state index contributed by atoms with van der Waals surface area (Å²) in [5.41, 5.74) is 2.63. The summed E-state index contributed by atoms with van der Waals surface area (Å²) < 4.78 is 0. The molecule has 1 heterocycles. The molecular formula is C20H25N3O2. The number of rotatable bonds is 5. The van der Waals surface area contributed by atoms with Crippen molar-refractivity contribution in [3.8, 4) is 11.1 Å². The van der Waals surface area contributed by atoms with Crippen molar-refractivity contribution in [2.75, 3.05) is 6.54 Å². The molecule has 0 unspecified atom stereocenters. The molecule has 2 aromatic rings. The lowest BCUT2D eigenvalue weighted by molar-refractivity contribution is -0.131. The fourth-order valence-electron chi connectivity index (χ4n) is 2.30. The van der Waals surface area contributed by atoms with Crippen molar-refractivity contribution in [3.63, 3.8) is 0 Å². The first-order chi connectivity index (χ1) is 11.8. The maximum absolute atomic E-state index is 12.0. The van der Waals surface area contributed by atoms with Crippen LogP contribution in [0.15, 0.2) is 48.8 Å². The Labute approximate surface area is 148 Å². The summed E-state index contributed by atoms with van der Waals surface area (Å²) in [5.74, 6) is -0.349. The topological polar surface area (TPSA) is 71.1 Å². The van der Waals surface area contributed by atoms with E-state index in [2.05, 4.69) is 15.6 Å². The van der Waals surface area contributed by atoms with Gasteiger partial charge < -0.3 is 10.6 Å². The van der Waals surface area contributed by atoms with Crippen LogP contribution in [0.1, 0.15) is 39.3 Å². The second-order valence-electron chi connectivity index (χ2n) is 7.09. The third kappa shape index (κ3) is 5.41. The van der Waals surface area contributed by atoms with Gasteiger partial charge in [0.05, 0.1) is 12.6 Å². The third-order valence-corrected chi connectivity index (χ3v) is 3.87. The lowest BCUT2D eigenvalue weighted by Crippen LogP contribution is -2.42. The van der Waals surface area contributed by atoms with Crippen molar-refractivity contribution in [2.45, 2.75) is 33.7 Å². The number of nitrogens with one attached hydrogen (secondary N) is 2. The molecule has 0 saturated heterocycles. The van der Waals surface area contributed by atoms with Gasteiger partial charge in [-0.25, -0.2) is 0 Å². The number of hydrogen-bond donors (Lipinski definition) is 2. The van der Waals surface area contributed by atoms with E-state index in [0.29, 0.717) is 0 Å². The van der Waals surface area contributed by atoms with Crippen molar-refractivity contribution in [3.05, 3.63) is 54.4 Å². The zero-order valence-corrected chi connectivity index (χ0v) is 15.2. The van der Waals surface area contributed by atoms with E-state index in [4.69, 9.17) is 0 Å². The van der Waals surface area contributed by atoms with E-state index in [1.807, 2.05) is 70.3 Å². The number of pyridine rings is 1. The molecule has 1 atom stereocenters. The van der Waals surface area contributed by atoms with Gasteiger partial charge >= 0.3 is 0 Å². The highest BCUT2D eigenvalue weighted by Gasteiger charge is 2.21. The zero-order chi connectivity index (χ0) is 18.4. The summed E-state index contributed by atoms with van der Waals surface area (Å²) in [6.45, 7) is 7.34. The van der Waals surface area contributed by atoms with Crippen LogP contribution in [0.2, 0.25) is 0 Å². The second-order valence-corrected chi connectivity index (χ2v) is 7.09. The van der Waals surface area contributed by atoms with Crippen molar-refractivity contribution in [1.82, 2.24) is 15.6 Å². The minimum absolute atomic E-state index is 0.0196. The number of nitrogens with zero attached hydrogens (tertiary/aromatic N) is 1. The molecule has 0 fully saturated rings. The average Bonchev–Trinajstić information content (AvgIpc) is 2.59. The predicted molar refractivity (Wildman–Crippen MR) is 98.7 cm³/mol. The number of carbonyl (C=O) groups excluding carboxylic acids is 2. The Bertz CT molecular complexity index is 719. The molecule has 5 heteroatoms. The summed E-state index contributed by atoms with van der Waals surface area (Å²) in [6, 6.07) is 11.8. The fourth-order valence-corrected chi connectivity index (χ4v) is 2.30. The van der Waals surface area contributed by atoms with Crippen molar-refractivity contribution < 1.29 is 9.59 Å². The molecule has 132 valence electrons. The normalized spacial score (nSPS) is 12.3. The van der Waals surface area contributed by atoms with Crippen LogP contribution in [0, 0.1) is 5.41 Å². The van der Waals surface area contributed by atoms with Gasteiger partial charge in [-0.3, -0.25) is 14.6 Å². The Balaban J connectivity index is 1.91. The van der Waals surface area contributed by atoms with E-state index in [1.54, 1.807) is 6.20 Å². The van der Waals surface area contributed by atoms with Crippen LogP contribution in [0.3, 0.4) is 0 Å². The monoisotopic (exact) mass is 339 g/mol. The highest BCUT2D eigenvalue weighted by Crippen LogP contribution is 2.21. The number of benzene rings is 1. The molecule has 0 aliphatic rings. The number of carbonyl (C=O) groups is 2. The van der Waals surface area contributed by atoms with Crippen LogP contribution in [-0.2, 0) is 9.59 Å². The molecule has 2 rings (SSSR count). The van der Waals surface area contributed by atoms with Crippen LogP contribution >= 0.6 is 0 Å². The Morgan fingerprint density at radius 1 is 1.08 bits per heavy atom. The first kappa shape index (κ1) is 18.6. The summed E-state index contributed by atoms with van der Waals surface area (Å²) in [6.07, 6.45) is 3.56. The molecule has 0 aliphatic heterocycles. The Morgan fingerprint density at radius 3 is 2.32 bits per heavy atom. The van der Waals surface area contributed by atoms with Gasteiger partial charge in [0.1, 0.15) is 0 Å². The summed E-state index contributed by atoms with van der Waals surface area (Å²) in [7, 11) is 0. The lowest BCUT2D eigenvalue weighted by Gasteiger charge is -2.19. The maximum Gasteiger partial charge on any atom is 0.239 e. The lowest BCUT2D eigenvalue weighted by atomic mass is 9.96. The zero-order valence-electron chi connectivity index (χ0n) is 15.2. The first-order valence-electron chi connectivity index (χ1n) is 8.35. The second kappa shape index (κ2) is 7.92. The van der Waals surface area contributed by atoms with E-state index in [9.17, 15) is 9.59 Å². The van der Waals surface area contributed by atoms with Crippen LogP contribution < -0.4 is 10.6 Å². The molecular weight excluding hydrogens is 314 g/mol. The van der Waals surface area contributed by atoms with Crippen LogP contribution in [0.25, 0.3) is 11.1 Å². The average molecular weight is 339 g/mol. The highest BCUT2D eigenvalue weighted by molar-refractivity contribution is 5.87. The Hall–Kier alpha value is -2.69. The van der Waals surface area contributed by atoms with Gasteiger partial charge in [-0.1, -0.05) is 51.1 Å². The minimum Gasteiger partial charge on any atom is -0.348 e. The predicted octanol–water partition coefficient (Wildman–Crippen LogP) is 3.09. The van der Waals surface area contributed by atoms with E-state index in [0.717, 1.165) is 16.7 Å². The molecule has 0 radical (unpaired) electrons. The molecule has 1 aromatic heterocycles. The fraction of sp³-hybridized carbons (Fsp3) is 0.350. The number of amides is 2. The Morgan fingerprint density at radius 2 is 1.76 bits per heavy atom. The smallest absolute Gasteiger partial charge is 0.239 e. The molecule has 0 spiro atoms. The van der Waals surface area contributed by atoms with Gasteiger partial charge in [-0.05, 0) is 29.7 Å². The largest absolute Gasteiger partial charge is 0.348 e. The van der Waals surface area contributed by atoms with Crippen LogP contribution in [0.5, 0.6) is 0 Å². The summed E-state index contributed by atoms with van der Waals surface area (Å²) in [4.78, 5) is 27.9. The molecule has 1 aromatic carbocycles. The quantitative estimate of drug-likeness (QED) is 0.879. The molecule has 0 saturated carbocycles. The molecule has 0 aliphatic carbocycles. The molecule has 25 heavy (non-hydrogen) atoms. The highest BCUT2D eigenvalue weighted by atomic mass is 16.2. The van der Waals surface area contributed by atoms with Gasteiger partial charge in [0.2, 0.25) is 11.8 Å². The maximum atomic E-state index is 12.0. The van der Waals surface area contributed by atoms with E-state index in [1.165, 1.54) is 0 Å². The SMILES string of the molecule is C[C@@H](NC(=O)CNC(=O)C(C)(C)C)c1ccc(-c2cccnc2)cc1. The molecule has 0 bridgehead atoms. The number of aromatic nitrogens is 1. The van der Waals surface area contributed by atoms with Gasteiger partial charge in [-0.15, -0.1) is 0 Å². The van der Waals surface area contributed by atoms with Gasteiger partial charge in [0.15, 0.2) is 0 Å². The van der Waals surface area contributed by atoms with Gasteiger partial charge in [-0.2, -0.15) is 0 Å². The van der Waals surface area contributed by atoms with E-state index >= 15 is 0 Å². The number of hydrogen-bond acceptors (Lipinski definition) is 3. The van der Waals surface area contributed by atoms with Crippen LogP contribution in [-0.4, -0.2) is 23.3 Å². The van der Waals surface area contributed by atoms with E-state index in [-0.39, 0.29) is 24.4 Å². The summed E-state index contributed by atoms with van der Waals surface area (Å²) >= 11 is 0. The van der Waals surface area contributed by atoms with Crippen LogP contribution in [0.4, 0.5) is 0 Å². The van der Waals surface area contributed by atoms with Gasteiger partial charge in [0.25, 0.3) is 0 Å². The van der Waals surface area contributed by atoms with Crippen molar-refractivity contribution in [2.24, 2.45) is 5.41 Å². The Kier molecular flexibility index (Phi) is 5.91. The van der Waals surface area contributed by atoms with E-state index < -0.39 is 5.41 Å². The molecule has 5 nitrogen and oxygen atoms in total. The molecule has 2 amide bonds. The summed E-state index contributed by atoms with van der Waals surface area (Å²) in [5, 5.41) is 5.55. The van der Waals surface area contributed by atoms with Crippen molar-refractivity contribution >= 4 is 11.8 Å². The third-order valence-electron chi connectivity index (χ3n) is 3.87. The van der Waals surface area contributed by atoms with Crippen molar-refractivity contribution in [1.29, 1.82) is 0 Å².